The summed E-state index contributed by atoms with van der Waals surface area (Å²) in [7, 11) is 0. The second-order valence-electron chi connectivity index (χ2n) is 8.94. The average molecular weight is 353 g/mol. The molecule has 2 aliphatic carbocycles. The number of hydrogen-bond donors (Lipinski definition) is 1. The van der Waals surface area contributed by atoms with Crippen molar-refractivity contribution in [2.75, 3.05) is 25.0 Å². The molecule has 0 bridgehead atoms. The first-order valence-electron chi connectivity index (χ1n) is 10.3. The maximum absolute atomic E-state index is 12.7. The lowest BCUT2D eigenvalue weighted by Gasteiger charge is -2.35. The highest BCUT2D eigenvalue weighted by atomic mass is 16.2. The van der Waals surface area contributed by atoms with Crippen molar-refractivity contribution in [3.8, 4) is 0 Å². The number of amides is 1. The third-order valence-electron chi connectivity index (χ3n) is 6.74. The molecule has 1 saturated heterocycles. The van der Waals surface area contributed by atoms with Crippen LogP contribution in [0.25, 0.3) is 0 Å². The number of hydrogen-bond acceptors (Lipinski definition) is 2. The number of carbonyl (C=O) groups excluding carboxylic acids is 1. The van der Waals surface area contributed by atoms with Crippen molar-refractivity contribution in [3.63, 3.8) is 0 Å². The van der Waals surface area contributed by atoms with E-state index >= 15 is 0 Å². The topological polar surface area (TPSA) is 32.3 Å². The highest BCUT2D eigenvalue weighted by molar-refractivity contribution is 5.95. The SMILES string of the molecule is Cc1cc(C)cc(NC(=O)C2CC23CCN(CC2CC=CCC2)CC3)c1. The van der Waals surface area contributed by atoms with E-state index in [9.17, 15) is 4.79 Å². The van der Waals surface area contributed by atoms with Crippen LogP contribution < -0.4 is 5.32 Å². The third kappa shape index (κ3) is 3.88. The van der Waals surface area contributed by atoms with E-state index in [-0.39, 0.29) is 11.8 Å². The fraction of sp³-hybridized carbons (Fsp3) is 0.609. The zero-order valence-corrected chi connectivity index (χ0v) is 16.3. The van der Waals surface area contributed by atoms with E-state index < -0.39 is 0 Å². The van der Waals surface area contributed by atoms with Crippen LogP contribution in [0, 0.1) is 31.1 Å². The quantitative estimate of drug-likeness (QED) is 0.797. The molecule has 1 aromatic carbocycles. The Morgan fingerprint density at radius 1 is 1.15 bits per heavy atom. The average Bonchev–Trinajstić information content (AvgIpc) is 3.31. The second-order valence-corrected chi connectivity index (χ2v) is 8.94. The van der Waals surface area contributed by atoms with Gasteiger partial charge in [0.05, 0.1) is 0 Å². The molecule has 4 rings (SSSR count). The van der Waals surface area contributed by atoms with Crippen molar-refractivity contribution >= 4 is 11.6 Å². The van der Waals surface area contributed by atoms with Crippen LogP contribution in [0.3, 0.4) is 0 Å². The Bertz CT molecular complexity index is 680. The smallest absolute Gasteiger partial charge is 0.228 e. The van der Waals surface area contributed by atoms with Gasteiger partial charge in [0.1, 0.15) is 0 Å². The largest absolute Gasteiger partial charge is 0.326 e. The number of nitrogens with zero attached hydrogens (tertiary/aromatic N) is 1. The zero-order chi connectivity index (χ0) is 18.1. The first-order valence-corrected chi connectivity index (χ1v) is 10.3. The molecule has 1 saturated carbocycles. The third-order valence-corrected chi connectivity index (χ3v) is 6.74. The number of allylic oxidation sites excluding steroid dienone is 2. The molecule has 3 heteroatoms. The summed E-state index contributed by atoms with van der Waals surface area (Å²) in [4.78, 5) is 15.4. The Labute approximate surface area is 157 Å². The standard InChI is InChI=1S/C23H32N2O/c1-17-12-18(2)14-20(13-17)24-22(26)21-15-23(21)8-10-25(11-9-23)16-19-6-4-3-5-7-19/h3-4,12-14,19,21H,5-11,15-16H2,1-2H3,(H,24,26). The summed E-state index contributed by atoms with van der Waals surface area (Å²) < 4.78 is 0. The predicted octanol–water partition coefficient (Wildman–Crippen LogP) is 4.70. The molecule has 1 amide bonds. The number of benzene rings is 1. The molecule has 1 aromatic rings. The second kappa shape index (κ2) is 7.19. The molecule has 1 heterocycles. The van der Waals surface area contributed by atoms with Crippen LogP contribution in [0.5, 0.6) is 0 Å². The maximum Gasteiger partial charge on any atom is 0.228 e. The summed E-state index contributed by atoms with van der Waals surface area (Å²) >= 11 is 0. The van der Waals surface area contributed by atoms with Crippen LogP contribution in [0.1, 0.15) is 49.7 Å². The van der Waals surface area contributed by atoms with Crippen LogP contribution in [-0.4, -0.2) is 30.4 Å². The molecule has 3 nitrogen and oxygen atoms in total. The maximum atomic E-state index is 12.7. The Morgan fingerprint density at radius 3 is 2.54 bits per heavy atom. The number of aryl methyl sites for hydroxylation is 2. The lowest BCUT2D eigenvalue weighted by Crippen LogP contribution is -2.39. The van der Waals surface area contributed by atoms with Gasteiger partial charge in [-0.1, -0.05) is 18.2 Å². The van der Waals surface area contributed by atoms with Gasteiger partial charge in [-0.3, -0.25) is 4.79 Å². The van der Waals surface area contributed by atoms with Crippen molar-refractivity contribution in [1.29, 1.82) is 0 Å². The van der Waals surface area contributed by atoms with E-state index in [1.165, 1.54) is 62.9 Å². The van der Waals surface area contributed by atoms with Gasteiger partial charge in [-0.05, 0) is 100 Å². The Hall–Kier alpha value is -1.61. The molecule has 0 aromatic heterocycles. The van der Waals surface area contributed by atoms with Crippen LogP contribution in [0.15, 0.2) is 30.4 Å². The summed E-state index contributed by atoms with van der Waals surface area (Å²) in [6.45, 7) is 7.76. The van der Waals surface area contributed by atoms with Crippen LogP contribution >= 0.6 is 0 Å². The number of piperidine rings is 1. The van der Waals surface area contributed by atoms with Gasteiger partial charge in [0.2, 0.25) is 5.91 Å². The van der Waals surface area contributed by atoms with E-state index in [0.717, 1.165) is 18.0 Å². The first-order chi connectivity index (χ1) is 12.5. The van der Waals surface area contributed by atoms with Crippen LogP contribution in [0.2, 0.25) is 0 Å². The van der Waals surface area contributed by atoms with E-state index in [4.69, 9.17) is 0 Å². The predicted molar refractivity (Wildman–Crippen MR) is 107 cm³/mol. The lowest BCUT2D eigenvalue weighted by atomic mass is 9.88. The van der Waals surface area contributed by atoms with E-state index in [2.05, 4.69) is 54.4 Å². The van der Waals surface area contributed by atoms with Crippen molar-refractivity contribution in [3.05, 3.63) is 41.5 Å². The summed E-state index contributed by atoms with van der Waals surface area (Å²) in [5, 5.41) is 3.17. The Balaban J connectivity index is 1.28. The summed E-state index contributed by atoms with van der Waals surface area (Å²) in [5.74, 6) is 1.31. The minimum absolute atomic E-state index is 0.225. The summed E-state index contributed by atoms with van der Waals surface area (Å²) in [6.07, 6.45) is 12.0. The fourth-order valence-corrected chi connectivity index (χ4v) is 5.12. The molecule has 1 N–H and O–H groups in total. The van der Waals surface area contributed by atoms with Gasteiger partial charge in [0.15, 0.2) is 0 Å². The highest BCUT2D eigenvalue weighted by Crippen LogP contribution is 2.59. The number of anilines is 1. The van der Waals surface area contributed by atoms with E-state index in [1.54, 1.807) is 0 Å². The molecule has 140 valence electrons. The van der Waals surface area contributed by atoms with Gasteiger partial charge in [0, 0.05) is 18.2 Å². The Kier molecular flexibility index (Phi) is 4.92. The molecule has 2 fully saturated rings. The normalized spacial score (nSPS) is 27.5. The molecule has 2 unspecified atom stereocenters. The number of rotatable bonds is 4. The van der Waals surface area contributed by atoms with E-state index in [0.29, 0.717) is 5.41 Å². The molecule has 1 aliphatic heterocycles. The van der Waals surface area contributed by atoms with Gasteiger partial charge in [-0.25, -0.2) is 0 Å². The molecule has 26 heavy (non-hydrogen) atoms. The number of likely N-dealkylation sites (tertiary alicyclic amines) is 1. The number of carbonyl (C=O) groups is 1. The minimum Gasteiger partial charge on any atom is -0.326 e. The zero-order valence-electron chi connectivity index (χ0n) is 16.3. The van der Waals surface area contributed by atoms with Crippen molar-refractivity contribution in [2.45, 2.75) is 52.4 Å². The molecule has 2 atom stereocenters. The van der Waals surface area contributed by atoms with Crippen molar-refractivity contribution in [2.24, 2.45) is 17.3 Å². The van der Waals surface area contributed by atoms with Gasteiger partial charge < -0.3 is 10.2 Å². The lowest BCUT2D eigenvalue weighted by molar-refractivity contribution is -0.118. The molecule has 3 aliphatic rings. The van der Waals surface area contributed by atoms with Crippen molar-refractivity contribution in [1.82, 2.24) is 4.90 Å². The van der Waals surface area contributed by atoms with Gasteiger partial charge >= 0.3 is 0 Å². The molecular formula is C23H32N2O. The van der Waals surface area contributed by atoms with Crippen LogP contribution in [-0.2, 0) is 4.79 Å². The summed E-state index contributed by atoms with van der Waals surface area (Å²) in [5.41, 5.74) is 3.66. The molecule has 1 spiro atoms. The number of nitrogens with one attached hydrogen (secondary N) is 1. The van der Waals surface area contributed by atoms with Crippen molar-refractivity contribution < 1.29 is 4.79 Å². The Morgan fingerprint density at radius 2 is 1.88 bits per heavy atom. The summed E-state index contributed by atoms with van der Waals surface area (Å²) in [6, 6.07) is 6.29. The van der Waals surface area contributed by atoms with Gasteiger partial charge in [-0.2, -0.15) is 0 Å². The van der Waals surface area contributed by atoms with Gasteiger partial charge in [0.25, 0.3) is 0 Å². The molecule has 0 radical (unpaired) electrons. The van der Waals surface area contributed by atoms with Crippen LogP contribution in [0.4, 0.5) is 5.69 Å². The molecular weight excluding hydrogens is 320 g/mol. The first kappa shape index (κ1) is 17.8. The van der Waals surface area contributed by atoms with E-state index in [1.807, 2.05) is 0 Å². The minimum atomic E-state index is 0.225. The van der Waals surface area contributed by atoms with Gasteiger partial charge in [-0.15, -0.1) is 0 Å². The highest BCUT2D eigenvalue weighted by Gasteiger charge is 2.58. The fourth-order valence-electron chi connectivity index (χ4n) is 5.12. The monoisotopic (exact) mass is 352 g/mol.